The highest BCUT2D eigenvalue weighted by Gasteiger charge is 2.24. The second kappa shape index (κ2) is 10.3. The van der Waals surface area contributed by atoms with Crippen molar-refractivity contribution in [2.75, 3.05) is 5.32 Å². The highest BCUT2D eigenvalue weighted by Crippen LogP contribution is 2.37. The molecule has 2 heterocycles. The average Bonchev–Trinajstić information content (AvgIpc) is 3.64. The van der Waals surface area contributed by atoms with Crippen LogP contribution in [0, 0.1) is 12.8 Å². The van der Waals surface area contributed by atoms with Crippen LogP contribution in [0.5, 0.6) is 0 Å². The van der Waals surface area contributed by atoms with Crippen molar-refractivity contribution in [3.8, 4) is 5.69 Å². The zero-order chi connectivity index (χ0) is 25.1. The summed E-state index contributed by atoms with van der Waals surface area (Å²) in [6.45, 7) is 2.28. The van der Waals surface area contributed by atoms with Crippen molar-refractivity contribution in [3.05, 3.63) is 112 Å². The maximum Gasteiger partial charge on any atom is 0.274 e. The maximum atomic E-state index is 13.4. The lowest BCUT2D eigenvalue weighted by Crippen LogP contribution is -2.24. The Morgan fingerprint density at radius 1 is 1.08 bits per heavy atom. The Morgan fingerprint density at radius 3 is 2.69 bits per heavy atom. The molecule has 7 heteroatoms. The summed E-state index contributed by atoms with van der Waals surface area (Å²) >= 11 is 0. The van der Waals surface area contributed by atoms with E-state index in [1.165, 1.54) is 12.8 Å². The first-order chi connectivity index (χ1) is 17.5. The molecular weight excluding hydrogens is 450 g/mol. The smallest absolute Gasteiger partial charge is 0.274 e. The normalized spacial score (nSPS) is 13.9. The maximum absolute atomic E-state index is 13.4. The van der Waals surface area contributed by atoms with E-state index >= 15 is 0 Å². The highest BCUT2D eigenvalue weighted by molar-refractivity contribution is 6.03. The minimum Gasteiger partial charge on any atom is -0.326 e. The summed E-state index contributed by atoms with van der Waals surface area (Å²) in [4.78, 5) is 26.0. The Bertz CT molecular complexity index is 1430. The van der Waals surface area contributed by atoms with Crippen LogP contribution >= 0.6 is 0 Å². The third kappa shape index (κ3) is 5.31. The molecule has 5 rings (SSSR count). The van der Waals surface area contributed by atoms with Gasteiger partial charge in [0.15, 0.2) is 0 Å². The number of pyridine rings is 1. The zero-order valence-corrected chi connectivity index (χ0v) is 20.4. The van der Waals surface area contributed by atoms with Crippen LogP contribution in [0.25, 0.3) is 5.69 Å². The Kier molecular flexibility index (Phi) is 6.82. The number of rotatable bonds is 9. The molecule has 0 bridgehead atoms. The van der Waals surface area contributed by atoms with E-state index in [4.69, 9.17) is 5.73 Å². The molecule has 7 nitrogen and oxygen atoms in total. The van der Waals surface area contributed by atoms with Gasteiger partial charge >= 0.3 is 0 Å². The molecule has 3 N–H and O–H groups in total. The van der Waals surface area contributed by atoms with Crippen molar-refractivity contribution in [1.82, 2.24) is 14.3 Å². The molecule has 0 spiro atoms. The fourth-order valence-electron chi connectivity index (χ4n) is 4.66. The van der Waals surface area contributed by atoms with Crippen LogP contribution in [0.15, 0.2) is 83.8 Å². The van der Waals surface area contributed by atoms with Crippen molar-refractivity contribution in [1.29, 1.82) is 0 Å². The van der Waals surface area contributed by atoms with Crippen molar-refractivity contribution in [2.45, 2.75) is 45.2 Å². The zero-order valence-electron chi connectivity index (χ0n) is 20.4. The summed E-state index contributed by atoms with van der Waals surface area (Å²) < 4.78 is 3.45. The summed E-state index contributed by atoms with van der Waals surface area (Å²) in [5.74, 6) is 0.508. The van der Waals surface area contributed by atoms with E-state index < -0.39 is 0 Å². The number of hydrogen-bond acceptors (Lipinski definition) is 4. The molecule has 1 unspecified atom stereocenters. The van der Waals surface area contributed by atoms with Gasteiger partial charge in [-0.25, -0.2) is 4.68 Å². The van der Waals surface area contributed by atoms with Gasteiger partial charge in [-0.3, -0.25) is 9.59 Å². The molecular formula is C29H31N5O2. The number of aryl methyl sites for hydroxylation is 1. The number of benzene rings is 2. The van der Waals surface area contributed by atoms with E-state index in [0.717, 1.165) is 41.3 Å². The quantitative estimate of drug-likeness (QED) is 0.358. The van der Waals surface area contributed by atoms with Crippen LogP contribution in [0.3, 0.4) is 0 Å². The van der Waals surface area contributed by atoms with Crippen LogP contribution in [0.1, 0.15) is 59.0 Å². The molecule has 0 aliphatic heterocycles. The number of carbonyl (C=O) groups is 1. The summed E-state index contributed by atoms with van der Waals surface area (Å²) in [6.07, 6.45) is 6.36. The fourth-order valence-corrected chi connectivity index (χ4v) is 4.66. The first-order valence-electron chi connectivity index (χ1n) is 12.5. The SMILES string of the molecule is Cc1cc(C(=O)Nc2cccc(C(CCC3CC3)n3ccccc3=O)c2)n(-c2cccc(CN)c2)n1. The number of amides is 1. The van der Waals surface area contributed by atoms with Gasteiger partial charge in [-0.1, -0.05) is 43.2 Å². The number of nitrogens with zero attached hydrogens (tertiary/aromatic N) is 3. The highest BCUT2D eigenvalue weighted by atomic mass is 16.2. The summed E-state index contributed by atoms with van der Waals surface area (Å²) in [5, 5.41) is 7.57. The van der Waals surface area contributed by atoms with Crippen molar-refractivity contribution in [2.24, 2.45) is 11.7 Å². The first-order valence-corrected chi connectivity index (χ1v) is 12.5. The lowest BCUT2D eigenvalue weighted by molar-refractivity contribution is 0.101. The second-order valence-corrected chi connectivity index (χ2v) is 9.52. The molecule has 1 saturated carbocycles. The topological polar surface area (TPSA) is 94.9 Å². The molecule has 0 saturated heterocycles. The molecule has 184 valence electrons. The number of carbonyl (C=O) groups excluding carboxylic acids is 1. The Morgan fingerprint density at radius 2 is 1.92 bits per heavy atom. The number of nitrogens with one attached hydrogen (secondary N) is 1. The van der Waals surface area contributed by atoms with E-state index in [-0.39, 0.29) is 17.5 Å². The monoisotopic (exact) mass is 481 g/mol. The van der Waals surface area contributed by atoms with Gasteiger partial charge in [-0.05, 0) is 73.2 Å². The Balaban J connectivity index is 1.42. The van der Waals surface area contributed by atoms with E-state index in [9.17, 15) is 9.59 Å². The van der Waals surface area contributed by atoms with Crippen molar-refractivity contribution in [3.63, 3.8) is 0 Å². The van der Waals surface area contributed by atoms with Crippen LogP contribution in [-0.4, -0.2) is 20.3 Å². The van der Waals surface area contributed by atoms with Crippen LogP contribution in [0.2, 0.25) is 0 Å². The van der Waals surface area contributed by atoms with Gasteiger partial charge < -0.3 is 15.6 Å². The van der Waals surface area contributed by atoms with Crippen LogP contribution in [0.4, 0.5) is 5.69 Å². The Labute approximate surface area is 210 Å². The molecule has 1 amide bonds. The molecule has 4 aromatic rings. The number of hydrogen-bond donors (Lipinski definition) is 2. The molecule has 1 atom stereocenters. The van der Waals surface area contributed by atoms with Crippen LogP contribution < -0.4 is 16.6 Å². The first kappa shape index (κ1) is 23.8. The minimum absolute atomic E-state index is 0.0215. The predicted octanol–water partition coefficient (Wildman–Crippen LogP) is 4.83. The summed E-state index contributed by atoms with van der Waals surface area (Å²) in [5.41, 5.74) is 10.4. The predicted molar refractivity (Wildman–Crippen MR) is 141 cm³/mol. The van der Waals surface area contributed by atoms with Crippen molar-refractivity contribution >= 4 is 11.6 Å². The van der Waals surface area contributed by atoms with Gasteiger partial charge in [-0.2, -0.15) is 5.10 Å². The molecule has 0 radical (unpaired) electrons. The summed E-state index contributed by atoms with van der Waals surface area (Å²) in [7, 11) is 0. The molecule has 1 aliphatic rings. The van der Waals surface area contributed by atoms with E-state index in [1.807, 2.05) is 67.7 Å². The van der Waals surface area contributed by atoms with Gasteiger partial charge in [0.1, 0.15) is 5.69 Å². The number of aromatic nitrogens is 3. The van der Waals surface area contributed by atoms with Gasteiger partial charge in [-0.15, -0.1) is 0 Å². The van der Waals surface area contributed by atoms with Gasteiger partial charge in [0, 0.05) is 24.5 Å². The van der Waals surface area contributed by atoms with E-state index in [2.05, 4.69) is 10.4 Å². The second-order valence-electron chi connectivity index (χ2n) is 9.52. The van der Waals surface area contributed by atoms with E-state index in [1.54, 1.807) is 27.4 Å². The van der Waals surface area contributed by atoms with Crippen LogP contribution in [-0.2, 0) is 6.54 Å². The fraction of sp³-hybridized carbons (Fsp3) is 0.276. The minimum atomic E-state index is -0.252. The number of anilines is 1. The third-order valence-electron chi connectivity index (χ3n) is 6.72. The van der Waals surface area contributed by atoms with Gasteiger partial charge in [0.25, 0.3) is 11.5 Å². The van der Waals surface area contributed by atoms with E-state index in [0.29, 0.717) is 17.9 Å². The van der Waals surface area contributed by atoms with Crippen molar-refractivity contribution < 1.29 is 4.79 Å². The molecule has 1 fully saturated rings. The standard InChI is InChI=1S/C29H31N5O2/c1-20-16-27(34(32-20)25-9-4-6-22(17-25)19-30)29(36)31-24-8-5-7-23(18-24)26(14-13-21-11-12-21)33-15-3-2-10-28(33)35/h2-10,15-18,21,26H,11-14,19,30H2,1H3,(H,31,36). The summed E-state index contributed by atoms with van der Waals surface area (Å²) in [6, 6.07) is 22.4. The van der Waals surface area contributed by atoms with Gasteiger partial charge in [0.2, 0.25) is 0 Å². The van der Waals surface area contributed by atoms with Gasteiger partial charge in [0.05, 0.1) is 17.4 Å². The number of nitrogens with two attached hydrogens (primary N) is 1. The Hall–Kier alpha value is -3.97. The molecule has 2 aromatic heterocycles. The largest absolute Gasteiger partial charge is 0.326 e. The molecule has 1 aliphatic carbocycles. The molecule has 36 heavy (non-hydrogen) atoms. The molecule has 2 aromatic carbocycles. The third-order valence-corrected chi connectivity index (χ3v) is 6.72. The lowest BCUT2D eigenvalue weighted by atomic mass is 9.99. The lowest BCUT2D eigenvalue weighted by Gasteiger charge is -2.21. The average molecular weight is 482 g/mol.